The number of hydrogen-bond donors (Lipinski definition) is 0. The Morgan fingerprint density at radius 2 is 1.71 bits per heavy atom. The maximum atomic E-state index is 11.9. The number of hydrogen-bond acceptors (Lipinski definition) is 5. The molecule has 0 aliphatic carbocycles. The van der Waals surface area contributed by atoms with Gasteiger partial charge in [-0.2, -0.15) is 0 Å². The SMILES string of the molecule is CCOP(=O)(OCC)C(C)OC(C)=O. The highest BCUT2D eigenvalue weighted by Gasteiger charge is 2.34. The minimum absolute atomic E-state index is 0.253. The fourth-order valence-corrected chi connectivity index (χ4v) is 2.40. The van der Waals surface area contributed by atoms with Crippen LogP contribution < -0.4 is 0 Å². The second-order valence-electron chi connectivity index (χ2n) is 2.58. The molecule has 1 atom stereocenters. The molecule has 14 heavy (non-hydrogen) atoms. The lowest BCUT2D eigenvalue weighted by atomic mass is 10.8. The van der Waals surface area contributed by atoms with Gasteiger partial charge in [0.2, 0.25) is 0 Å². The van der Waals surface area contributed by atoms with E-state index in [0.717, 1.165) is 0 Å². The van der Waals surface area contributed by atoms with Crippen LogP contribution in [0.4, 0.5) is 0 Å². The van der Waals surface area contributed by atoms with Crippen molar-refractivity contribution in [3.63, 3.8) is 0 Å². The molecule has 5 nitrogen and oxygen atoms in total. The van der Waals surface area contributed by atoms with Crippen molar-refractivity contribution in [2.24, 2.45) is 0 Å². The van der Waals surface area contributed by atoms with Crippen LogP contribution in [0, 0.1) is 0 Å². The Balaban J connectivity index is 4.46. The average Bonchev–Trinajstić information content (AvgIpc) is 2.03. The van der Waals surface area contributed by atoms with Crippen LogP contribution >= 0.6 is 7.60 Å². The predicted octanol–water partition coefficient (Wildman–Crippen LogP) is 2.16. The monoisotopic (exact) mass is 224 g/mol. The van der Waals surface area contributed by atoms with Crippen molar-refractivity contribution in [1.29, 1.82) is 0 Å². The molecule has 0 fully saturated rings. The Labute approximate surface area is 84.3 Å². The summed E-state index contributed by atoms with van der Waals surface area (Å²) < 4.78 is 26.7. The highest BCUT2D eigenvalue weighted by molar-refractivity contribution is 7.54. The van der Waals surface area contributed by atoms with Crippen LogP contribution in [0.1, 0.15) is 27.7 Å². The van der Waals surface area contributed by atoms with Crippen LogP contribution in [0.5, 0.6) is 0 Å². The zero-order valence-corrected chi connectivity index (χ0v) is 9.87. The van der Waals surface area contributed by atoms with E-state index in [-0.39, 0.29) is 13.2 Å². The number of carbonyl (C=O) groups is 1. The first kappa shape index (κ1) is 13.6. The van der Waals surface area contributed by atoms with Gasteiger partial charge in [-0.05, 0) is 20.8 Å². The predicted molar refractivity (Wildman–Crippen MR) is 52.1 cm³/mol. The summed E-state index contributed by atoms with van der Waals surface area (Å²) in [5, 5.41) is 0. The number of rotatable bonds is 6. The average molecular weight is 224 g/mol. The molecule has 0 bridgehead atoms. The zero-order valence-electron chi connectivity index (χ0n) is 8.98. The van der Waals surface area contributed by atoms with Crippen molar-refractivity contribution in [2.45, 2.75) is 33.5 Å². The van der Waals surface area contributed by atoms with Crippen molar-refractivity contribution >= 4 is 13.6 Å². The molecule has 0 N–H and O–H groups in total. The topological polar surface area (TPSA) is 61.8 Å². The van der Waals surface area contributed by atoms with Crippen LogP contribution in [-0.2, 0) is 23.1 Å². The number of carbonyl (C=O) groups excluding carboxylic acids is 1. The lowest BCUT2D eigenvalue weighted by Gasteiger charge is -2.22. The second-order valence-corrected chi connectivity index (χ2v) is 4.91. The highest BCUT2D eigenvalue weighted by Crippen LogP contribution is 2.53. The smallest absolute Gasteiger partial charge is 0.370 e. The molecule has 0 rings (SSSR count). The Bertz CT molecular complexity index is 218. The summed E-state index contributed by atoms with van der Waals surface area (Å²) in [5.41, 5.74) is 0. The van der Waals surface area contributed by atoms with Crippen LogP contribution in [0.2, 0.25) is 0 Å². The molecular weight excluding hydrogens is 207 g/mol. The molecule has 0 aromatic heterocycles. The molecule has 0 aliphatic rings. The summed E-state index contributed by atoms with van der Waals surface area (Å²) >= 11 is 0. The maximum Gasteiger partial charge on any atom is 0.370 e. The van der Waals surface area contributed by atoms with Gasteiger partial charge in [0.05, 0.1) is 13.2 Å². The van der Waals surface area contributed by atoms with E-state index in [4.69, 9.17) is 13.8 Å². The fraction of sp³-hybridized carbons (Fsp3) is 0.875. The van der Waals surface area contributed by atoms with Gasteiger partial charge in [-0.3, -0.25) is 9.36 Å². The lowest BCUT2D eigenvalue weighted by Crippen LogP contribution is -2.16. The van der Waals surface area contributed by atoms with E-state index in [0.29, 0.717) is 0 Å². The van der Waals surface area contributed by atoms with Gasteiger partial charge < -0.3 is 13.8 Å². The Kier molecular flexibility index (Phi) is 6.00. The Morgan fingerprint density at radius 1 is 1.29 bits per heavy atom. The van der Waals surface area contributed by atoms with Crippen LogP contribution in [-0.4, -0.2) is 25.0 Å². The molecule has 0 aromatic rings. The summed E-state index contributed by atoms with van der Waals surface area (Å²) in [7, 11) is -3.31. The molecule has 0 spiro atoms. The van der Waals surface area contributed by atoms with Gasteiger partial charge in [-0.1, -0.05) is 0 Å². The zero-order chi connectivity index (χ0) is 11.2. The quantitative estimate of drug-likeness (QED) is 0.511. The third-order valence-corrected chi connectivity index (χ3v) is 3.63. The standard InChI is InChI=1S/C8H17O5P/c1-5-11-14(10,12-6-2)8(4)13-7(3)9/h8H,5-6H2,1-4H3. The van der Waals surface area contributed by atoms with Gasteiger partial charge in [0.15, 0.2) is 5.85 Å². The normalized spacial score (nSPS) is 13.7. The van der Waals surface area contributed by atoms with Gasteiger partial charge in [-0.25, -0.2) is 0 Å². The summed E-state index contributed by atoms with van der Waals surface area (Å²) in [6.45, 7) is 6.65. The molecule has 0 aromatic carbocycles. The summed E-state index contributed by atoms with van der Waals surface area (Å²) in [6.07, 6.45) is 0. The van der Waals surface area contributed by atoms with Crippen molar-refractivity contribution in [3.8, 4) is 0 Å². The van der Waals surface area contributed by atoms with Crippen molar-refractivity contribution in [3.05, 3.63) is 0 Å². The molecule has 0 saturated carbocycles. The second kappa shape index (κ2) is 6.17. The van der Waals surface area contributed by atoms with Crippen LogP contribution in [0.3, 0.4) is 0 Å². The minimum atomic E-state index is -3.31. The van der Waals surface area contributed by atoms with E-state index in [2.05, 4.69) is 0 Å². The first-order valence-corrected chi connectivity index (χ1v) is 6.13. The molecular formula is C8H17O5P. The molecule has 0 heterocycles. The van der Waals surface area contributed by atoms with Crippen LogP contribution in [0.15, 0.2) is 0 Å². The third-order valence-electron chi connectivity index (χ3n) is 1.40. The van der Waals surface area contributed by atoms with E-state index >= 15 is 0 Å². The molecule has 84 valence electrons. The third kappa shape index (κ3) is 4.22. The van der Waals surface area contributed by atoms with Crippen molar-refractivity contribution < 1.29 is 23.1 Å². The van der Waals surface area contributed by atoms with Gasteiger partial charge >= 0.3 is 13.6 Å². The minimum Gasteiger partial charge on any atom is -0.450 e. The van der Waals surface area contributed by atoms with Gasteiger partial charge in [0, 0.05) is 6.92 Å². The van der Waals surface area contributed by atoms with Gasteiger partial charge in [-0.15, -0.1) is 0 Å². The first-order chi connectivity index (χ1) is 6.46. The molecule has 0 amide bonds. The lowest BCUT2D eigenvalue weighted by molar-refractivity contribution is -0.143. The van der Waals surface area contributed by atoms with Gasteiger partial charge in [0.25, 0.3) is 0 Å². The molecule has 6 heteroatoms. The van der Waals surface area contributed by atoms with E-state index in [1.165, 1.54) is 13.8 Å². The van der Waals surface area contributed by atoms with E-state index in [1.807, 2.05) is 0 Å². The number of ether oxygens (including phenoxy) is 1. The summed E-state index contributed by atoms with van der Waals surface area (Å²) in [5.74, 6) is -1.36. The van der Waals surface area contributed by atoms with Gasteiger partial charge in [0.1, 0.15) is 0 Å². The Hall–Kier alpha value is -0.380. The largest absolute Gasteiger partial charge is 0.450 e. The highest BCUT2D eigenvalue weighted by atomic mass is 31.2. The molecule has 0 radical (unpaired) electrons. The maximum absolute atomic E-state index is 11.9. The van der Waals surface area contributed by atoms with Crippen LogP contribution in [0.25, 0.3) is 0 Å². The summed E-state index contributed by atoms with van der Waals surface area (Å²) in [4.78, 5) is 10.7. The first-order valence-electron chi connectivity index (χ1n) is 4.52. The van der Waals surface area contributed by atoms with Crippen molar-refractivity contribution in [1.82, 2.24) is 0 Å². The number of esters is 1. The molecule has 1 unspecified atom stereocenters. The fourth-order valence-electron chi connectivity index (χ4n) is 0.912. The van der Waals surface area contributed by atoms with E-state index in [1.54, 1.807) is 13.8 Å². The van der Waals surface area contributed by atoms with E-state index < -0.39 is 19.4 Å². The molecule has 0 aliphatic heterocycles. The molecule has 0 saturated heterocycles. The van der Waals surface area contributed by atoms with Crippen molar-refractivity contribution in [2.75, 3.05) is 13.2 Å². The van der Waals surface area contributed by atoms with E-state index in [9.17, 15) is 9.36 Å². The Morgan fingerprint density at radius 3 is 2.00 bits per heavy atom. The summed E-state index contributed by atoms with van der Waals surface area (Å²) in [6, 6.07) is 0.